The maximum absolute atomic E-state index is 12.1. The summed E-state index contributed by atoms with van der Waals surface area (Å²) in [5.41, 5.74) is 9.34. The highest BCUT2D eigenvalue weighted by atomic mass is 33.1. The van der Waals surface area contributed by atoms with Gasteiger partial charge >= 0.3 is 11.9 Å². The topological polar surface area (TPSA) is 222 Å². The molecule has 0 aliphatic carbocycles. The summed E-state index contributed by atoms with van der Waals surface area (Å²) in [5.74, 6) is -3.76. The fourth-order valence-electron chi connectivity index (χ4n) is 1.57. The van der Waals surface area contributed by atoms with Crippen molar-refractivity contribution in [2.24, 2.45) is 11.5 Å². The van der Waals surface area contributed by atoms with Crippen LogP contribution < -0.4 is 22.1 Å². The van der Waals surface area contributed by atoms with Crippen LogP contribution in [0.5, 0.6) is 0 Å². The smallest absolute Gasteiger partial charge is 0.322 e. The summed E-state index contributed by atoms with van der Waals surface area (Å²) >= 11 is 0. The van der Waals surface area contributed by atoms with Crippen molar-refractivity contribution in [3.8, 4) is 0 Å². The first-order valence-electron chi connectivity index (χ1n) is 7.92. The molecule has 12 nitrogen and oxygen atoms in total. The van der Waals surface area contributed by atoms with Crippen molar-refractivity contribution in [1.29, 1.82) is 0 Å². The fraction of sp³-hybridized carbons (Fsp3) is 0.643. The van der Waals surface area contributed by atoms with E-state index < -0.39 is 54.5 Å². The minimum atomic E-state index is -1.57. The van der Waals surface area contributed by atoms with E-state index >= 15 is 0 Å². The molecule has 14 heteroatoms. The third kappa shape index (κ3) is 11.1. The standard InChI is InChI=1S/C14H24N4O8S2/c15-8(13(25)26)4-27-28-5-9(12(24)17-3-11(22)23)18-10(21)1-2-14(16,6-19)7-20/h6,8-9,20H,1-5,7,15-16H2,(H,17,24)(H,18,21)(H,22,23)(H,25,26)/t8-,9-,14?/m0/s1. The van der Waals surface area contributed by atoms with Crippen LogP contribution in [-0.4, -0.2) is 87.6 Å². The van der Waals surface area contributed by atoms with Crippen molar-refractivity contribution in [2.75, 3.05) is 24.7 Å². The first-order chi connectivity index (χ1) is 13.0. The Bertz CT molecular complexity index is 580. The third-order valence-corrected chi connectivity index (χ3v) is 5.74. The average molecular weight is 441 g/mol. The molecule has 0 aromatic heterocycles. The summed E-state index contributed by atoms with van der Waals surface area (Å²) in [5, 5.41) is 30.9. The summed E-state index contributed by atoms with van der Waals surface area (Å²) in [6.45, 7) is -1.29. The number of amides is 2. The number of nitrogens with two attached hydrogens (primary N) is 2. The van der Waals surface area contributed by atoms with Gasteiger partial charge in [0.15, 0.2) is 0 Å². The fourth-order valence-corrected chi connectivity index (χ4v) is 3.84. The number of hydrogen-bond acceptors (Lipinski definition) is 10. The van der Waals surface area contributed by atoms with E-state index in [1.165, 1.54) is 0 Å². The van der Waals surface area contributed by atoms with Crippen molar-refractivity contribution in [3.05, 3.63) is 0 Å². The van der Waals surface area contributed by atoms with E-state index in [2.05, 4.69) is 10.6 Å². The van der Waals surface area contributed by atoms with E-state index in [0.717, 1.165) is 21.6 Å². The summed E-state index contributed by atoms with van der Waals surface area (Å²) in [4.78, 5) is 56.2. The average Bonchev–Trinajstić information content (AvgIpc) is 2.66. The van der Waals surface area contributed by atoms with E-state index in [-0.39, 0.29) is 24.3 Å². The number of aldehydes is 1. The van der Waals surface area contributed by atoms with Crippen molar-refractivity contribution >= 4 is 51.6 Å². The molecular formula is C14H24N4O8S2. The zero-order chi connectivity index (χ0) is 21.7. The number of hydrogen-bond donors (Lipinski definition) is 7. The van der Waals surface area contributed by atoms with Crippen LogP contribution in [0.3, 0.4) is 0 Å². The lowest BCUT2D eigenvalue weighted by molar-refractivity contribution is -0.138. The predicted molar refractivity (Wildman–Crippen MR) is 102 cm³/mol. The summed E-state index contributed by atoms with van der Waals surface area (Å²) in [6.07, 6.45) is -0.0760. The van der Waals surface area contributed by atoms with E-state index in [9.17, 15) is 24.0 Å². The van der Waals surface area contributed by atoms with Gasteiger partial charge in [-0.1, -0.05) is 21.6 Å². The molecule has 0 aliphatic heterocycles. The van der Waals surface area contributed by atoms with Gasteiger partial charge in [0.25, 0.3) is 0 Å². The van der Waals surface area contributed by atoms with Crippen LogP contribution >= 0.6 is 21.6 Å². The Morgan fingerprint density at radius 1 is 1.14 bits per heavy atom. The van der Waals surface area contributed by atoms with E-state index in [4.69, 9.17) is 26.8 Å². The second-order valence-electron chi connectivity index (χ2n) is 5.75. The minimum absolute atomic E-state index is 0.00957. The summed E-state index contributed by atoms with van der Waals surface area (Å²) in [6, 6.07) is -2.20. The molecule has 0 rings (SSSR count). The number of aliphatic hydroxyl groups excluding tert-OH is 1. The molecule has 2 amide bonds. The van der Waals surface area contributed by atoms with Crippen molar-refractivity contribution in [1.82, 2.24) is 10.6 Å². The Kier molecular flexibility index (Phi) is 12.4. The third-order valence-electron chi connectivity index (χ3n) is 3.29. The SMILES string of the molecule is N[C@@H](CSSC[C@H](NC(=O)CCC(N)(C=O)CO)C(=O)NCC(=O)O)C(=O)O. The Morgan fingerprint density at radius 2 is 1.75 bits per heavy atom. The molecule has 0 radical (unpaired) electrons. The number of rotatable bonds is 15. The number of carbonyl (C=O) groups is 5. The van der Waals surface area contributed by atoms with Gasteiger partial charge in [0.05, 0.1) is 12.1 Å². The number of nitrogens with one attached hydrogen (secondary N) is 2. The normalized spacial score (nSPS) is 15.0. The van der Waals surface area contributed by atoms with E-state index in [1.807, 2.05) is 0 Å². The lowest BCUT2D eigenvalue weighted by Crippen LogP contribution is -2.50. The van der Waals surface area contributed by atoms with Gasteiger partial charge in [-0.05, 0) is 6.42 Å². The molecule has 0 fully saturated rings. The molecule has 0 bridgehead atoms. The minimum Gasteiger partial charge on any atom is -0.480 e. The second-order valence-corrected chi connectivity index (χ2v) is 8.31. The highest BCUT2D eigenvalue weighted by Gasteiger charge is 2.26. The molecule has 3 atom stereocenters. The van der Waals surface area contributed by atoms with Gasteiger partial charge in [-0.3, -0.25) is 19.2 Å². The molecular weight excluding hydrogens is 416 g/mol. The van der Waals surface area contributed by atoms with Gasteiger partial charge in [-0.2, -0.15) is 0 Å². The molecule has 0 saturated carbocycles. The molecule has 0 spiro atoms. The molecule has 160 valence electrons. The highest BCUT2D eigenvalue weighted by molar-refractivity contribution is 8.76. The van der Waals surface area contributed by atoms with Gasteiger partial charge in [0.1, 0.15) is 24.9 Å². The quantitative estimate of drug-likeness (QED) is 0.0775. The van der Waals surface area contributed by atoms with Crippen molar-refractivity contribution < 1.29 is 39.3 Å². The summed E-state index contributed by atoms with van der Waals surface area (Å²) < 4.78 is 0. The second kappa shape index (κ2) is 13.3. The Labute approximate surface area is 168 Å². The van der Waals surface area contributed by atoms with Gasteiger partial charge < -0.3 is 42.2 Å². The van der Waals surface area contributed by atoms with Crippen LogP contribution in [0.15, 0.2) is 0 Å². The lowest BCUT2D eigenvalue weighted by Gasteiger charge is -2.21. The Morgan fingerprint density at radius 3 is 2.25 bits per heavy atom. The van der Waals surface area contributed by atoms with Crippen molar-refractivity contribution in [2.45, 2.75) is 30.5 Å². The van der Waals surface area contributed by atoms with Gasteiger partial charge in [-0.25, -0.2) is 0 Å². The largest absolute Gasteiger partial charge is 0.480 e. The molecule has 1 unspecified atom stereocenters. The zero-order valence-electron chi connectivity index (χ0n) is 14.8. The summed E-state index contributed by atoms with van der Waals surface area (Å²) in [7, 11) is 2.15. The number of carboxylic acid groups (broad SMARTS) is 2. The number of carbonyl (C=O) groups excluding carboxylic acids is 3. The van der Waals surface area contributed by atoms with Crippen LogP contribution in [0.2, 0.25) is 0 Å². The van der Waals surface area contributed by atoms with Gasteiger partial charge in [0, 0.05) is 17.9 Å². The molecule has 0 aromatic rings. The maximum atomic E-state index is 12.1. The molecule has 28 heavy (non-hydrogen) atoms. The van der Waals surface area contributed by atoms with Gasteiger partial charge in [0.2, 0.25) is 11.8 Å². The molecule has 9 N–H and O–H groups in total. The van der Waals surface area contributed by atoms with Crippen LogP contribution in [0.25, 0.3) is 0 Å². The zero-order valence-corrected chi connectivity index (χ0v) is 16.5. The Hall–Kier alpha value is -1.87. The maximum Gasteiger partial charge on any atom is 0.322 e. The number of carboxylic acids is 2. The lowest BCUT2D eigenvalue weighted by atomic mass is 9.97. The van der Waals surface area contributed by atoms with Crippen LogP contribution in [0.1, 0.15) is 12.8 Å². The van der Waals surface area contributed by atoms with E-state index in [1.54, 1.807) is 0 Å². The Balaban J connectivity index is 4.72. The molecule has 0 heterocycles. The van der Waals surface area contributed by atoms with Crippen LogP contribution in [-0.2, 0) is 24.0 Å². The first-order valence-corrected chi connectivity index (χ1v) is 10.4. The van der Waals surface area contributed by atoms with Crippen LogP contribution in [0, 0.1) is 0 Å². The highest BCUT2D eigenvalue weighted by Crippen LogP contribution is 2.22. The molecule has 0 aliphatic rings. The number of aliphatic carboxylic acids is 2. The molecule has 0 saturated heterocycles. The number of aliphatic hydroxyl groups is 1. The first kappa shape index (κ1) is 26.1. The van der Waals surface area contributed by atoms with Gasteiger partial charge in [-0.15, -0.1) is 0 Å². The van der Waals surface area contributed by atoms with Crippen LogP contribution in [0.4, 0.5) is 0 Å². The van der Waals surface area contributed by atoms with E-state index in [0.29, 0.717) is 6.29 Å². The predicted octanol–water partition coefficient (Wildman–Crippen LogP) is -2.87. The van der Waals surface area contributed by atoms with Crippen molar-refractivity contribution in [3.63, 3.8) is 0 Å². The monoisotopic (exact) mass is 440 g/mol. The molecule has 0 aromatic carbocycles.